The van der Waals surface area contributed by atoms with Crippen LogP contribution in [0.25, 0.3) is 0 Å². The molecule has 0 aliphatic heterocycles. The Morgan fingerprint density at radius 3 is 2.68 bits per heavy atom. The van der Waals surface area contributed by atoms with Crippen molar-refractivity contribution in [1.82, 2.24) is 0 Å². The molecule has 1 aromatic rings. The SMILES string of the molecule is [B]Cc1ccc(C(=O)OCCS(=O)(=O)O)c(OC(=O)C23CC4CC(C2)C2CC3C2C4)c1. The van der Waals surface area contributed by atoms with Crippen molar-refractivity contribution in [2.24, 2.45) is 35.0 Å². The van der Waals surface area contributed by atoms with Crippen molar-refractivity contribution in [3.63, 3.8) is 0 Å². The molecule has 31 heavy (non-hydrogen) atoms. The molecule has 7 nitrogen and oxygen atoms in total. The summed E-state index contributed by atoms with van der Waals surface area (Å²) in [7, 11) is 1.48. The van der Waals surface area contributed by atoms with Gasteiger partial charge in [-0.25, -0.2) is 4.79 Å². The summed E-state index contributed by atoms with van der Waals surface area (Å²) in [5.41, 5.74) is 0.277. The van der Waals surface area contributed by atoms with Gasteiger partial charge in [0, 0.05) is 0 Å². The normalized spacial score (nSPS) is 34.8. The van der Waals surface area contributed by atoms with E-state index >= 15 is 0 Å². The molecule has 6 atom stereocenters. The molecule has 9 heteroatoms. The molecule has 164 valence electrons. The van der Waals surface area contributed by atoms with E-state index < -0.39 is 33.9 Å². The highest BCUT2D eigenvalue weighted by Crippen LogP contribution is 2.73. The van der Waals surface area contributed by atoms with E-state index in [4.69, 9.17) is 21.9 Å². The van der Waals surface area contributed by atoms with Gasteiger partial charge in [0.2, 0.25) is 0 Å². The Labute approximate surface area is 183 Å². The number of hydrogen-bond donors (Lipinski definition) is 1. The largest absolute Gasteiger partial charge is 0.461 e. The minimum Gasteiger partial charge on any atom is -0.461 e. The highest BCUT2D eigenvalue weighted by atomic mass is 32.2. The van der Waals surface area contributed by atoms with Crippen molar-refractivity contribution >= 4 is 29.9 Å². The maximum atomic E-state index is 13.5. The molecule has 7 rings (SSSR count). The molecule has 6 bridgehead atoms. The molecule has 6 saturated carbocycles. The van der Waals surface area contributed by atoms with Gasteiger partial charge in [0.05, 0.1) is 13.3 Å². The number of rotatable bonds is 7. The first kappa shape index (κ1) is 21.0. The maximum Gasteiger partial charge on any atom is 0.341 e. The van der Waals surface area contributed by atoms with E-state index in [1.807, 2.05) is 0 Å². The van der Waals surface area contributed by atoms with Crippen LogP contribution in [0.1, 0.15) is 48.0 Å². The van der Waals surface area contributed by atoms with Crippen LogP contribution in [-0.4, -0.2) is 45.1 Å². The zero-order chi connectivity index (χ0) is 22.0. The lowest BCUT2D eigenvalue weighted by Crippen LogP contribution is -2.67. The molecule has 6 fully saturated rings. The lowest BCUT2D eigenvalue weighted by Gasteiger charge is -2.70. The van der Waals surface area contributed by atoms with Crippen LogP contribution in [0.15, 0.2) is 18.2 Å². The summed E-state index contributed by atoms with van der Waals surface area (Å²) in [4.78, 5) is 26.0. The van der Waals surface area contributed by atoms with E-state index in [1.54, 1.807) is 12.1 Å². The van der Waals surface area contributed by atoms with Crippen molar-refractivity contribution < 1.29 is 32.0 Å². The monoisotopic (exact) mass is 444 g/mol. The van der Waals surface area contributed by atoms with Crippen LogP contribution in [0.5, 0.6) is 5.75 Å². The van der Waals surface area contributed by atoms with Gasteiger partial charge in [0.15, 0.2) is 0 Å². The predicted molar refractivity (Wildman–Crippen MR) is 111 cm³/mol. The third-order valence-corrected chi connectivity index (χ3v) is 8.80. The van der Waals surface area contributed by atoms with Gasteiger partial charge >= 0.3 is 11.9 Å². The fourth-order valence-corrected chi connectivity index (χ4v) is 7.19. The minimum atomic E-state index is -4.25. The average Bonchev–Trinajstić information content (AvgIpc) is 2.68. The van der Waals surface area contributed by atoms with Gasteiger partial charge in [-0.2, -0.15) is 8.42 Å². The Kier molecular flexibility index (Phi) is 4.97. The first-order chi connectivity index (χ1) is 14.7. The van der Waals surface area contributed by atoms with Gasteiger partial charge < -0.3 is 9.47 Å². The van der Waals surface area contributed by atoms with Crippen molar-refractivity contribution in [3.8, 4) is 5.75 Å². The van der Waals surface area contributed by atoms with Crippen LogP contribution in [-0.2, 0) is 26.0 Å². The molecule has 6 aliphatic carbocycles. The van der Waals surface area contributed by atoms with Crippen molar-refractivity contribution in [3.05, 3.63) is 29.3 Å². The summed E-state index contributed by atoms with van der Waals surface area (Å²) in [6, 6.07) is 4.68. The molecular weight excluding hydrogens is 419 g/mol. The standard InChI is InChI=1S/C22H25BO7S/c23-11-12-1-2-15(20(24)29-3-4-31(26,27)28)19(7-12)30-21(25)22-9-13-5-14(10-22)16-8-18(22)17(16)6-13/h1-2,7,13-14,16-18H,3-6,8-11H2,(H,26,27,28). The van der Waals surface area contributed by atoms with Gasteiger partial charge in [0.1, 0.15) is 23.7 Å². The molecule has 0 saturated heterocycles. The van der Waals surface area contributed by atoms with Gasteiger partial charge in [-0.15, -0.1) is 0 Å². The lowest BCUT2D eigenvalue weighted by atomic mass is 9.34. The fraction of sp³-hybridized carbons (Fsp3) is 0.636. The Morgan fingerprint density at radius 1 is 1.16 bits per heavy atom. The van der Waals surface area contributed by atoms with Crippen LogP contribution in [0.3, 0.4) is 0 Å². The maximum absolute atomic E-state index is 13.5. The molecule has 1 aromatic carbocycles. The number of carbonyl (C=O) groups excluding carboxylic acids is 2. The lowest BCUT2D eigenvalue weighted by molar-refractivity contribution is -0.229. The van der Waals surface area contributed by atoms with Crippen LogP contribution in [0.2, 0.25) is 0 Å². The third-order valence-electron chi connectivity index (χ3n) is 8.11. The van der Waals surface area contributed by atoms with Gasteiger partial charge in [-0.1, -0.05) is 17.9 Å². The van der Waals surface area contributed by atoms with Crippen LogP contribution >= 0.6 is 0 Å². The third kappa shape index (κ3) is 3.50. The van der Waals surface area contributed by atoms with E-state index in [1.165, 1.54) is 18.9 Å². The Morgan fingerprint density at radius 2 is 1.97 bits per heavy atom. The number of esters is 2. The predicted octanol–water partition coefficient (Wildman–Crippen LogP) is 2.38. The Balaban J connectivity index is 1.37. The number of carbonyl (C=O) groups is 2. The number of ether oxygens (including phenoxy) is 2. The molecule has 1 N–H and O–H groups in total. The second-order valence-corrected chi connectivity index (χ2v) is 11.2. The minimum absolute atomic E-state index is 0.0390. The zero-order valence-corrected chi connectivity index (χ0v) is 18.0. The van der Waals surface area contributed by atoms with E-state index in [0.717, 1.165) is 25.2 Å². The average molecular weight is 444 g/mol. The molecule has 0 amide bonds. The number of hydrogen-bond acceptors (Lipinski definition) is 6. The van der Waals surface area contributed by atoms with E-state index in [2.05, 4.69) is 0 Å². The molecular formula is C22H25BO7S. The van der Waals surface area contributed by atoms with Crippen molar-refractivity contribution in [2.45, 2.75) is 38.4 Å². The van der Waals surface area contributed by atoms with Crippen molar-refractivity contribution in [2.75, 3.05) is 12.4 Å². The second-order valence-electron chi connectivity index (χ2n) is 9.68. The van der Waals surface area contributed by atoms with Gasteiger partial charge in [-0.05, 0) is 73.8 Å². The van der Waals surface area contributed by atoms with Crippen molar-refractivity contribution in [1.29, 1.82) is 0 Å². The van der Waals surface area contributed by atoms with E-state index in [0.29, 0.717) is 29.2 Å². The summed E-state index contributed by atoms with van der Waals surface area (Å²) >= 11 is 0. The van der Waals surface area contributed by atoms with Crippen LogP contribution < -0.4 is 4.74 Å². The zero-order valence-electron chi connectivity index (χ0n) is 17.2. The Hall–Kier alpha value is -1.87. The number of benzene rings is 1. The first-order valence-corrected chi connectivity index (χ1v) is 12.5. The molecule has 0 heterocycles. The molecule has 2 radical (unpaired) electrons. The molecule has 0 aromatic heterocycles. The van der Waals surface area contributed by atoms with E-state index in [-0.39, 0.29) is 23.6 Å². The van der Waals surface area contributed by atoms with Gasteiger partial charge in [-0.3, -0.25) is 9.35 Å². The summed E-state index contributed by atoms with van der Waals surface area (Å²) in [6.45, 7) is -0.498. The highest BCUT2D eigenvalue weighted by molar-refractivity contribution is 7.85. The first-order valence-electron chi connectivity index (χ1n) is 10.9. The summed E-state index contributed by atoms with van der Waals surface area (Å²) in [5.74, 6) is 1.29. The van der Waals surface area contributed by atoms with Crippen LogP contribution in [0, 0.1) is 35.0 Å². The smallest absolute Gasteiger partial charge is 0.341 e. The Bertz CT molecular complexity index is 1030. The summed E-state index contributed by atoms with van der Waals surface area (Å²) in [5, 5.41) is 0. The topological polar surface area (TPSA) is 107 Å². The van der Waals surface area contributed by atoms with Gasteiger partial charge in [0.25, 0.3) is 10.1 Å². The van der Waals surface area contributed by atoms with E-state index in [9.17, 15) is 18.0 Å². The summed E-state index contributed by atoms with van der Waals surface area (Å²) < 4.78 is 41.4. The molecule has 0 spiro atoms. The molecule has 6 unspecified atom stereocenters. The quantitative estimate of drug-likeness (QED) is 0.298. The summed E-state index contributed by atoms with van der Waals surface area (Å²) in [6.07, 6.45) is 5.50. The second kappa shape index (κ2) is 7.34. The highest BCUT2D eigenvalue weighted by Gasteiger charge is 2.69. The molecule has 6 aliphatic rings. The fourth-order valence-electron chi connectivity index (χ4n) is 6.90. The van der Waals surface area contributed by atoms with Crippen LogP contribution in [0.4, 0.5) is 0 Å².